The van der Waals surface area contributed by atoms with Crippen molar-refractivity contribution in [2.24, 2.45) is 5.92 Å². The highest BCUT2D eigenvalue weighted by molar-refractivity contribution is 7.95. The fraction of sp³-hybridized carbons (Fsp3) is 0.455. The number of carbonyl (C=O) groups is 1. The average Bonchev–Trinajstić information content (AvgIpc) is 2.24. The molecule has 0 saturated carbocycles. The molecule has 0 aromatic carbocycles. The first-order valence-electron chi connectivity index (χ1n) is 4.98. The monoisotopic (exact) mass is 257 g/mol. The molecule has 0 heterocycles. The van der Waals surface area contributed by atoms with Crippen molar-refractivity contribution in [3.63, 3.8) is 0 Å². The van der Waals surface area contributed by atoms with Gasteiger partial charge in [0.25, 0.3) is 0 Å². The maximum Gasteiger partial charge on any atom is 0.330 e. The van der Waals surface area contributed by atoms with Gasteiger partial charge >= 0.3 is 5.97 Å². The van der Waals surface area contributed by atoms with E-state index in [1.165, 1.54) is 12.0 Å². The average molecular weight is 257 g/mol. The molecular formula is C11H15NO2S2. The van der Waals surface area contributed by atoms with Crippen LogP contribution in [0.1, 0.15) is 0 Å². The normalized spacial score (nSPS) is 19.2. The van der Waals surface area contributed by atoms with E-state index >= 15 is 0 Å². The minimum absolute atomic E-state index is 0.283. The second-order valence-electron chi connectivity index (χ2n) is 3.65. The molecule has 1 atom stereocenters. The molecule has 0 spiro atoms. The van der Waals surface area contributed by atoms with Crippen LogP contribution in [0.2, 0.25) is 0 Å². The molecule has 1 unspecified atom stereocenters. The van der Waals surface area contributed by atoms with Crippen LogP contribution in [0, 0.1) is 5.92 Å². The van der Waals surface area contributed by atoms with Gasteiger partial charge in [-0.2, -0.15) is 0 Å². The number of nitrogens with zero attached hydrogens (tertiary/aromatic N) is 1. The van der Waals surface area contributed by atoms with Gasteiger partial charge in [-0.15, -0.1) is 0 Å². The maximum absolute atomic E-state index is 11.6. The highest BCUT2D eigenvalue weighted by atomic mass is 32.2. The lowest BCUT2D eigenvalue weighted by atomic mass is 10.0. The highest BCUT2D eigenvalue weighted by Crippen LogP contribution is 2.15. The Morgan fingerprint density at radius 2 is 2.31 bits per heavy atom. The summed E-state index contributed by atoms with van der Waals surface area (Å²) in [4.78, 5) is 14.3. The van der Waals surface area contributed by atoms with Crippen molar-refractivity contribution in [3.8, 4) is 0 Å². The van der Waals surface area contributed by atoms with Crippen LogP contribution in [0.5, 0.6) is 0 Å². The van der Waals surface area contributed by atoms with Crippen LogP contribution in [-0.2, 0) is 8.98 Å². The van der Waals surface area contributed by atoms with Crippen molar-refractivity contribution < 1.29 is 8.98 Å². The minimum atomic E-state index is -0.396. The standard InChI is InChI=1S/C11H15NO2S2/c1-12(2)7-8-16-14-11(13)9-5-3-4-6-10(9)15/h3-6,9H,7-8H2,1-2H3. The largest absolute Gasteiger partial charge is 0.391 e. The zero-order chi connectivity index (χ0) is 12.0. The number of hydrogen-bond donors (Lipinski definition) is 0. The summed E-state index contributed by atoms with van der Waals surface area (Å²) in [5, 5.41) is 0. The fourth-order valence-corrected chi connectivity index (χ4v) is 2.09. The van der Waals surface area contributed by atoms with E-state index in [9.17, 15) is 4.79 Å². The third-order valence-corrected chi connectivity index (χ3v) is 3.02. The number of carbonyl (C=O) groups excluding carboxylic acids is 1. The predicted molar refractivity (Wildman–Crippen MR) is 71.5 cm³/mol. The summed E-state index contributed by atoms with van der Waals surface area (Å²) < 4.78 is 5.08. The molecule has 0 N–H and O–H groups in total. The van der Waals surface area contributed by atoms with Gasteiger partial charge in [-0.25, -0.2) is 0 Å². The fourth-order valence-electron chi connectivity index (χ4n) is 1.09. The van der Waals surface area contributed by atoms with Crippen molar-refractivity contribution in [1.82, 2.24) is 4.90 Å². The summed E-state index contributed by atoms with van der Waals surface area (Å²) in [6.07, 6.45) is 7.15. The Kier molecular flexibility index (Phi) is 5.73. The third kappa shape index (κ3) is 4.47. The molecule has 1 rings (SSSR count). The van der Waals surface area contributed by atoms with E-state index in [0.29, 0.717) is 4.86 Å². The summed E-state index contributed by atoms with van der Waals surface area (Å²) >= 11 is 6.24. The molecule has 0 saturated heterocycles. The van der Waals surface area contributed by atoms with Crippen LogP contribution in [-0.4, -0.2) is 42.1 Å². The van der Waals surface area contributed by atoms with E-state index in [1.54, 1.807) is 12.2 Å². The zero-order valence-corrected chi connectivity index (χ0v) is 11.0. The van der Waals surface area contributed by atoms with Gasteiger partial charge in [-0.05, 0) is 20.2 Å². The molecule has 5 heteroatoms. The molecule has 1 aliphatic carbocycles. The molecule has 0 aliphatic heterocycles. The van der Waals surface area contributed by atoms with Gasteiger partial charge < -0.3 is 9.08 Å². The lowest BCUT2D eigenvalue weighted by Crippen LogP contribution is -2.22. The first-order chi connectivity index (χ1) is 7.61. The molecule has 3 nitrogen and oxygen atoms in total. The van der Waals surface area contributed by atoms with Crippen LogP contribution in [0.3, 0.4) is 0 Å². The lowest BCUT2D eigenvalue weighted by Gasteiger charge is -2.13. The molecule has 0 aromatic rings. The van der Waals surface area contributed by atoms with Crippen molar-refractivity contribution in [1.29, 1.82) is 0 Å². The van der Waals surface area contributed by atoms with Crippen molar-refractivity contribution in [2.75, 3.05) is 26.4 Å². The van der Waals surface area contributed by atoms with Crippen LogP contribution in [0.25, 0.3) is 0 Å². The van der Waals surface area contributed by atoms with Crippen molar-refractivity contribution in [3.05, 3.63) is 24.3 Å². The van der Waals surface area contributed by atoms with Gasteiger partial charge in [-0.1, -0.05) is 30.4 Å². The third-order valence-electron chi connectivity index (χ3n) is 2.00. The summed E-state index contributed by atoms with van der Waals surface area (Å²) in [5.41, 5.74) is 0. The van der Waals surface area contributed by atoms with Crippen molar-refractivity contribution in [2.45, 2.75) is 0 Å². The number of thiocarbonyl (C=S) groups is 1. The number of rotatable bonds is 5. The van der Waals surface area contributed by atoms with E-state index < -0.39 is 5.92 Å². The van der Waals surface area contributed by atoms with Crippen molar-refractivity contribution >= 4 is 35.1 Å². The van der Waals surface area contributed by atoms with Gasteiger partial charge in [0.1, 0.15) is 5.92 Å². The van der Waals surface area contributed by atoms with Gasteiger partial charge in [0.05, 0.1) is 12.0 Å². The van der Waals surface area contributed by atoms with E-state index in [2.05, 4.69) is 0 Å². The van der Waals surface area contributed by atoms with E-state index in [0.717, 1.165) is 12.3 Å². The SMILES string of the molecule is CN(C)CCSOC(=O)C1C=CC=CC1=S. The quantitative estimate of drug-likeness (QED) is 0.426. The Morgan fingerprint density at radius 1 is 1.56 bits per heavy atom. The molecule has 1 aliphatic rings. The molecule has 0 radical (unpaired) electrons. The zero-order valence-electron chi connectivity index (χ0n) is 9.38. The maximum atomic E-state index is 11.6. The van der Waals surface area contributed by atoms with Gasteiger partial charge in [0, 0.05) is 17.2 Å². The van der Waals surface area contributed by atoms with E-state index in [-0.39, 0.29) is 5.97 Å². The molecule has 0 bridgehead atoms. The summed E-state index contributed by atoms with van der Waals surface area (Å²) in [6, 6.07) is 0. The Bertz CT molecular complexity index is 324. The molecular weight excluding hydrogens is 242 g/mol. The van der Waals surface area contributed by atoms with Gasteiger partial charge in [0.15, 0.2) is 0 Å². The number of allylic oxidation sites excluding steroid dienone is 3. The summed E-state index contributed by atoms with van der Waals surface area (Å²) in [5.74, 6) is 0.0822. The van der Waals surface area contributed by atoms with Gasteiger partial charge in [0.2, 0.25) is 0 Å². The molecule has 0 fully saturated rings. The Balaban J connectivity index is 2.27. The second-order valence-corrected chi connectivity index (χ2v) is 4.93. The molecule has 0 amide bonds. The molecule has 0 aromatic heterocycles. The second kappa shape index (κ2) is 6.83. The summed E-state index contributed by atoms with van der Waals surface area (Å²) in [7, 11) is 3.96. The van der Waals surface area contributed by atoms with Crippen LogP contribution in [0.4, 0.5) is 0 Å². The summed E-state index contributed by atoms with van der Waals surface area (Å²) in [6.45, 7) is 0.878. The highest BCUT2D eigenvalue weighted by Gasteiger charge is 2.22. The van der Waals surface area contributed by atoms with Crippen LogP contribution in [0.15, 0.2) is 24.3 Å². The topological polar surface area (TPSA) is 29.5 Å². The van der Waals surface area contributed by atoms with Gasteiger partial charge in [-0.3, -0.25) is 4.79 Å². The Morgan fingerprint density at radius 3 is 2.94 bits per heavy atom. The lowest BCUT2D eigenvalue weighted by molar-refractivity contribution is -0.133. The van der Waals surface area contributed by atoms with E-state index in [4.69, 9.17) is 16.4 Å². The Hall–Kier alpha value is -0.650. The predicted octanol–water partition coefficient (Wildman–Crippen LogP) is 1.85. The van der Waals surface area contributed by atoms with Crippen LogP contribution >= 0.6 is 24.3 Å². The number of hydrogen-bond acceptors (Lipinski definition) is 5. The minimum Gasteiger partial charge on any atom is -0.391 e. The van der Waals surface area contributed by atoms with Crippen LogP contribution < -0.4 is 0 Å². The van der Waals surface area contributed by atoms with E-state index in [1.807, 2.05) is 31.1 Å². The molecule has 88 valence electrons. The first kappa shape index (κ1) is 13.4. The Labute approximate surface area is 106 Å². The smallest absolute Gasteiger partial charge is 0.330 e. The first-order valence-corrected chi connectivity index (χ1v) is 6.30. The molecule has 16 heavy (non-hydrogen) atoms.